The van der Waals surface area contributed by atoms with Crippen molar-refractivity contribution < 1.29 is 28.3 Å². The maximum atomic E-state index is 12.2. The van der Waals surface area contributed by atoms with Crippen LogP contribution in [0.4, 0.5) is 0 Å². The molecule has 33 heavy (non-hydrogen) atoms. The molecule has 0 fully saturated rings. The molecule has 1 heterocycles. The Morgan fingerprint density at radius 3 is 2.55 bits per heavy atom. The van der Waals surface area contributed by atoms with Gasteiger partial charge in [-0.25, -0.2) is 4.79 Å². The van der Waals surface area contributed by atoms with Crippen LogP contribution in [-0.2, 0) is 16.1 Å². The normalized spacial score (nSPS) is 10.9. The number of carbonyl (C=O) groups is 2. The fourth-order valence-electron chi connectivity index (χ4n) is 2.91. The molecule has 0 unspecified atom stereocenters. The Bertz CT molecular complexity index is 1180. The zero-order valence-electron chi connectivity index (χ0n) is 18.2. The van der Waals surface area contributed by atoms with Gasteiger partial charge in [-0.3, -0.25) is 4.79 Å². The lowest BCUT2D eigenvalue weighted by atomic mass is 10.1. The van der Waals surface area contributed by atoms with Gasteiger partial charge in [0.05, 0.1) is 23.4 Å². The van der Waals surface area contributed by atoms with Crippen LogP contribution >= 0.6 is 23.2 Å². The number of hydrogen-bond acceptors (Lipinski definition) is 7. The van der Waals surface area contributed by atoms with Crippen LogP contribution in [-0.4, -0.2) is 30.6 Å². The highest BCUT2D eigenvalue weighted by molar-refractivity contribution is 6.36. The Labute approximate surface area is 200 Å². The lowest BCUT2D eigenvalue weighted by Gasteiger charge is -2.11. The second-order valence-corrected chi connectivity index (χ2v) is 7.83. The first kappa shape index (κ1) is 24.4. The zero-order chi connectivity index (χ0) is 24.0. The SMILES string of the molecule is COc1cc(/C=C/C(=O)OCC(=O)c2ccc(Cl)cc2Cl)ccc1OCc1c(C)noc1C. The third-order valence-corrected chi connectivity index (χ3v) is 5.28. The highest BCUT2D eigenvalue weighted by Gasteiger charge is 2.14. The van der Waals surface area contributed by atoms with Gasteiger partial charge in [-0.2, -0.15) is 0 Å². The van der Waals surface area contributed by atoms with Crippen LogP contribution in [0.2, 0.25) is 10.0 Å². The number of carbonyl (C=O) groups excluding carboxylic acids is 2. The van der Waals surface area contributed by atoms with E-state index in [1.807, 2.05) is 13.8 Å². The van der Waals surface area contributed by atoms with Gasteiger partial charge in [0.2, 0.25) is 5.78 Å². The second kappa shape index (κ2) is 11.0. The van der Waals surface area contributed by atoms with E-state index in [0.717, 1.165) is 11.3 Å². The fraction of sp³-hybridized carbons (Fsp3) is 0.208. The Kier molecular flexibility index (Phi) is 8.14. The summed E-state index contributed by atoms with van der Waals surface area (Å²) in [5, 5.41) is 4.51. The summed E-state index contributed by atoms with van der Waals surface area (Å²) in [7, 11) is 1.52. The molecule has 0 N–H and O–H groups in total. The van der Waals surface area contributed by atoms with Gasteiger partial charge < -0.3 is 18.7 Å². The van der Waals surface area contributed by atoms with E-state index in [2.05, 4.69) is 5.16 Å². The van der Waals surface area contributed by atoms with Crippen molar-refractivity contribution in [3.05, 3.63) is 80.7 Å². The smallest absolute Gasteiger partial charge is 0.331 e. The molecular formula is C24H21Cl2NO6. The van der Waals surface area contributed by atoms with Crippen molar-refractivity contribution in [2.45, 2.75) is 20.5 Å². The molecule has 9 heteroatoms. The van der Waals surface area contributed by atoms with Crippen molar-refractivity contribution in [2.75, 3.05) is 13.7 Å². The molecule has 1 aromatic heterocycles. The van der Waals surface area contributed by atoms with Gasteiger partial charge in [0.25, 0.3) is 0 Å². The van der Waals surface area contributed by atoms with Crippen molar-refractivity contribution in [1.29, 1.82) is 0 Å². The molecule has 0 atom stereocenters. The molecule has 172 valence electrons. The molecule has 3 aromatic rings. The summed E-state index contributed by atoms with van der Waals surface area (Å²) in [4.78, 5) is 24.2. The predicted molar refractivity (Wildman–Crippen MR) is 124 cm³/mol. The van der Waals surface area contributed by atoms with Crippen LogP contribution in [0.5, 0.6) is 11.5 Å². The maximum absolute atomic E-state index is 12.2. The minimum atomic E-state index is -0.675. The molecule has 7 nitrogen and oxygen atoms in total. The van der Waals surface area contributed by atoms with Gasteiger partial charge in [0, 0.05) is 16.7 Å². The summed E-state index contributed by atoms with van der Waals surface area (Å²) >= 11 is 11.8. The Hall–Kier alpha value is -3.29. The van der Waals surface area contributed by atoms with Gasteiger partial charge in [-0.05, 0) is 55.8 Å². The van der Waals surface area contributed by atoms with Gasteiger partial charge in [-0.15, -0.1) is 0 Å². The number of halogens is 2. The van der Waals surface area contributed by atoms with Crippen LogP contribution in [0, 0.1) is 13.8 Å². The number of esters is 1. The Balaban J connectivity index is 1.58. The molecule has 0 aliphatic heterocycles. The summed E-state index contributed by atoms with van der Waals surface area (Å²) in [6.07, 6.45) is 2.76. The monoisotopic (exact) mass is 489 g/mol. The molecule has 0 aliphatic rings. The Morgan fingerprint density at radius 1 is 1.09 bits per heavy atom. The van der Waals surface area contributed by atoms with Crippen LogP contribution in [0.25, 0.3) is 6.08 Å². The molecule has 0 saturated heterocycles. The minimum absolute atomic E-state index is 0.197. The summed E-state index contributed by atoms with van der Waals surface area (Å²) in [5.41, 5.74) is 2.55. The van der Waals surface area contributed by atoms with E-state index in [0.29, 0.717) is 27.8 Å². The standard InChI is InChI=1S/C24H21Cl2NO6/c1-14-19(15(2)33-27-14)12-31-22-8-4-16(10-23(22)30-3)5-9-24(29)32-13-21(28)18-7-6-17(25)11-20(18)26/h4-11H,12-13H2,1-3H3/b9-5+. The van der Waals surface area contributed by atoms with Crippen molar-refractivity contribution in [3.63, 3.8) is 0 Å². The van der Waals surface area contributed by atoms with Crippen molar-refractivity contribution in [1.82, 2.24) is 5.16 Å². The number of ketones is 1. The number of hydrogen-bond donors (Lipinski definition) is 0. The molecule has 0 spiro atoms. The lowest BCUT2D eigenvalue weighted by Crippen LogP contribution is -2.13. The van der Waals surface area contributed by atoms with Gasteiger partial charge >= 0.3 is 5.97 Å². The number of nitrogens with zero attached hydrogens (tertiary/aromatic N) is 1. The van der Waals surface area contributed by atoms with E-state index >= 15 is 0 Å². The van der Waals surface area contributed by atoms with Gasteiger partial charge in [-0.1, -0.05) is 34.4 Å². The maximum Gasteiger partial charge on any atom is 0.331 e. The second-order valence-electron chi connectivity index (χ2n) is 6.99. The molecule has 2 aromatic carbocycles. The topological polar surface area (TPSA) is 87.9 Å². The largest absolute Gasteiger partial charge is 0.493 e. The van der Waals surface area contributed by atoms with Gasteiger partial charge in [0.15, 0.2) is 18.1 Å². The number of aromatic nitrogens is 1. The highest BCUT2D eigenvalue weighted by atomic mass is 35.5. The van der Waals surface area contributed by atoms with Crippen LogP contribution in [0.3, 0.4) is 0 Å². The molecule has 0 amide bonds. The first-order valence-corrected chi connectivity index (χ1v) is 10.6. The highest BCUT2D eigenvalue weighted by Crippen LogP contribution is 2.30. The third kappa shape index (κ3) is 6.37. The first-order chi connectivity index (χ1) is 15.8. The first-order valence-electron chi connectivity index (χ1n) is 9.84. The molecule has 0 saturated carbocycles. The zero-order valence-corrected chi connectivity index (χ0v) is 19.7. The summed E-state index contributed by atoms with van der Waals surface area (Å²) in [6, 6.07) is 9.68. The van der Waals surface area contributed by atoms with Crippen molar-refractivity contribution >= 4 is 41.0 Å². The van der Waals surface area contributed by atoms with E-state index in [4.69, 9.17) is 41.9 Å². The third-order valence-electron chi connectivity index (χ3n) is 4.73. The van der Waals surface area contributed by atoms with E-state index in [-0.39, 0.29) is 17.2 Å². The van der Waals surface area contributed by atoms with E-state index in [1.165, 1.54) is 31.4 Å². The number of ether oxygens (including phenoxy) is 3. The summed E-state index contributed by atoms with van der Waals surface area (Å²) in [6.45, 7) is 3.50. The number of rotatable bonds is 9. The number of methoxy groups -OCH3 is 1. The quantitative estimate of drug-likeness (QED) is 0.218. The number of aryl methyl sites for hydroxylation is 2. The van der Waals surface area contributed by atoms with Crippen molar-refractivity contribution in [3.8, 4) is 11.5 Å². The fourth-order valence-corrected chi connectivity index (χ4v) is 3.42. The number of benzene rings is 2. The number of Topliss-reactive ketones (excluding diaryl/α,β-unsaturated/α-hetero) is 1. The molecular weight excluding hydrogens is 469 g/mol. The molecule has 0 radical (unpaired) electrons. The average molecular weight is 490 g/mol. The van der Waals surface area contributed by atoms with Crippen LogP contribution in [0.15, 0.2) is 47.0 Å². The lowest BCUT2D eigenvalue weighted by molar-refractivity contribution is -0.136. The van der Waals surface area contributed by atoms with Crippen LogP contribution < -0.4 is 9.47 Å². The average Bonchev–Trinajstić information content (AvgIpc) is 3.11. The van der Waals surface area contributed by atoms with E-state index < -0.39 is 18.4 Å². The molecule has 3 rings (SSSR count). The molecule has 0 aliphatic carbocycles. The Morgan fingerprint density at radius 2 is 1.88 bits per heavy atom. The molecule has 0 bridgehead atoms. The predicted octanol–water partition coefficient (Wildman–Crippen LogP) is 5.63. The summed E-state index contributed by atoms with van der Waals surface area (Å²) in [5.74, 6) is 0.611. The van der Waals surface area contributed by atoms with E-state index in [1.54, 1.807) is 24.3 Å². The van der Waals surface area contributed by atoms with Crippen LogP contribution in [0.1, 0.15) is 32.9 Å². The van der Waals surface area contributed by atoms with E-state index in [9.17, 15) is 9.59 Å². The minimum Gasteiger partial charge on any atom is -0.493 e. The summed E-state index contributed by atoms with van der Waals surface area (Å²) < 4.78 is 21.4. The van der Waals surface area contributed by atoms with Gasteiger partial charge in [0.1, 0.15) is 12.4 Å². The van der Waals surface area contributed by atoms with Crippen molar-refractivity contribution in [2.24, 2.45) is 0 Å².